The number of esters is 2. The van der Waals surface area contributed by atoms with Crippen LogP contribution in [0.5, 0.6) is 0 Å². The van der Waals surface area contributed by atoms with E-state index in [1.807, 2.05) is 0 Å². The highest BCUT2D eigenvalue weighted by molar-refractivity contribution is 7.80. The van der Waals surface area contributed by atoms with E-state index in [1.54, 1.807) is 55.9 Å². The Labute approximate surface area is 199 Å². The van der Waals surface area contributed by atoms with Gasteiger partial charge in [-0.25, -0.2) is 14.0 Å². The lowest BCUT2D eigenvalue weighted by molar-refractivity contribution is 0.0527. The molecule has 2 heterocycles. The van der Waals surface area contributed by atoms with E-state index in [0.29, 0.717) is 26.8 Å². The van der Waals surface area contributed by atoms with E-state index in [1.165, 1.54) is 6.07 Å². The standard InChI is InChI=1S/C22H23FN4O4S2/c1-4-30-20(28)17-13(3)18(21(29)31-5-2)33-19(17)25-22(32)24-16-10-11-27(26-16)12-14-8-6-7-9-15(14)23/h6-11H,4-5,12H2,1-3H3,(H2,24,25,26,32). The minimum absolute atomic E-state index is 0.161. The number of carbonyl (C=O) groups excluding carboxylic acids is 2. The average Bonchev–Trinajstić information content (AvgIpc) is 3.33. The van der Waals surface area contributed by atoms with E-state index < -0.39 is 11.9 Å². The van der Waals surface area contributed by atoms with Crippen LogP contribution in [0, 0.1) is 12.7 Å². The van der Waals surface area contributed by atoms with Gasteiger partial charge in [0.1, 0.15) is 15.7 Å². The highest BCUT2D eigenvalue weighted by Crippen LogP contribution is 2.34. The normalized spacial score (nSPS) is 10.5. The van der Waals surface area contributed by atoms with Gasteiger partial charge in [-0.3, -0.25) is 4.68 Å². The van der Waals surface area contributed by atoms with Crippen LogP contribution >= 0.6 is 23.6 Å². The number of carbonyl (C=O) groups is 2. The van der Waals surface area contributed by atoms with Crippen molar-refractivity contribution in [1.82, 2.24) is 9.78 Å². The molecule has 0 saturated carbocycles. The zero-order chi connectivity index (χ0) is 24.0. The van der Waals surface area contributed by atoms with Crippen LogP contribution < -0.4 is 10.6 Å². The van der Waals surface area contributed by atoms with Crippen LogP contribution in [0.15, 0.2) is 36.5 Å². The Kier molecular flexibility index (Phi) is 8.12. The second-order valence-electron chi connectivity index (χ2n) is 6.77. The third-order valence-corrected chi connectivity index (χ3v) is 5.88. The van der Waals surface area contributed by atoms with E-state index in [0.717, 1.165) is 11.3 Å². The molecule has 174 valence electrons. The van der Waals surface area contributed by atoms with Crippen LogP contribution in [0.2, 0.25) is 0 Å². The van der Waals surface area contributed by atoms with Gasteiger partial charge in [-0.1, -0.05) is 18.2 Å². The summed E-state index contributed by atoms with van der Waals surface area (Å²) in [6.07, 6.45) is 1.69. The van der Waals surface area contributed by atoms with Crippen molar-refractivity contribution >= 4 is 51.4 Å². The fourth-order valence-electron chi connectivity index (χ4n) is 3.01. The molecular weight excluding hydrogens is 467 g/mol. The van der Waals surface area contributed by atoms with Gasteiger partial charge in [-0.05, 0) is 44.6 Å². The second-order valence-corrected chi connectivity index (χ2v) is 8.20. The van der Waals surface area contributed by atoms with E-state index in [2.05, 4.69) is 15.7 Å². The number of halogens is 1. The van der Waals surface area contributed by atoms with Crippen molar-refractivity contribution in [1.29, 1.82) is 0 Å². The molecule has 0 aliphatic rings. The van der Waals surface area contributed by atoms with E-state index >= 15 is 0 Å². The maximum absolute atomic E-state index is 13.9. The quantitative estimate of drug-likeness (QED) is 0.349. The van der Waals surface area contributed by atoms with Crippen molar-refractivity contribution in [3.8, 4) is 0 Å². The Morgan fingerprint density at radius 1 is 1.12 bits per heavy atom. The third kappa shape index (κ3) is 5.93. The molecule has 33 heavy (non-hydrogen) atoms. The number of rotatable bonds is 8. The van der Waals surface area contributed by atoms with Gasteiger partial charge in [0.05, 0.1) is 25.3 Å². The Morgan fingerprint density at radius 3 is 2.52 bits per heavy atom. The van der Waals surface area contributed by atoms with Gasteiger partial charge < -0.3 is 20.1 Å². The summed E-state index contributed by atoms with van der Waals surface area (Å²) in [6, 6.07) is 8.15. The van der Waals surface area contributed by atoms with Crippen LogP contribution in [0.1, 0.15) is 45.0 Å². The molecule has 0 saturated heterocycles. The fraction of sp³-hybridized carbons (Fsp3) is 0.273. The average molecular weight is 491 g/mol. The summed E-state index contributed by atoms with van der Waals surface area (Å²) in [7, 11) is 0. The molecule has 0 bridgehead atoms. The zero-order valence-corrected chi connectivity index (χ0v) is 19.9. The zero-order valence-electron chi connectivity index (χ0n) is 18.3. The predicted octanol–water partition coefficient (Wildman–Crippen LogP) is 4.60. The number of benzene rings is 1. The molecule has 0 atom stereocenters. The Hall–Kier alpha value is -3.31. The first-order valence-electron chi connectivity index (χ1n) is 10.2. The van der Waals surface area contributed by atoms with E-state index in [4.69, 9.17) is 21.7 Å². The Balaban J connectivity index is 1.75. The molecule has 1 aromatic carbocycles. The SMILES string of the molecule is CCOC(=O)c1sc(NC(=S)Nc2ccn(Cc3ccccc3F)n2)c(C(=O)OCC)c1C. The smallest absolute Gasteiger partial charge is 0.348 e. The Bertz CT molecular complexity index is 1180. The number of nitrogens with one attached hydrogen (secondary N) is 2. The molecule has 0 aliphatic heterocycles. The van der Waals surface area contributed by atoms with Gasteiger partial charge in [-0.15, -0.1) is 11.3 Å². The number of nitrogens with zero attached hydrogens (tertiary/aromatic N) is 2. The molecule has 8 nitrogen and oxygen atoms in total. The number of hydrogen-bond donors (Lipinski definition) is 2. The topological polar surface area (TPSA) is 94.5 Å². The minimum Gasteiger partial charge on any atom is -0.462 e. The molecule has 0 radical (unpaired) electrons. The predicted molar refractivity (Wildman–Crippen MR) is 129 cm³/mol. The lowest BCUT2D eigenvalue weighted by Gasteiger charge is -2.09. The summed E-state index contributed by atoms with van der Waals surface area (Å²) in [6.45, 7) is 5.71. The first-order valence-corrected chi connectivity index (χ1v) is 11.4. The number of ether oxygens (including phenoxy) is 2. The molecule has 0 fully saturated rings. The first kappa shape index (κ1) is 24.3. The minimum atomic E-state index is -0.568. The Morgan fingerprint density at radius 2 is 1.82 bits per heavy atom. The summed E-state index contributed by atoms with van der Waals surface area (Å²) in [5.41, 5.74) is 1.18. The van der Waals surface area contributed by atoms with Crippen LogP contribution in [0.25, 0.3) is 0 Å². The van der Waals surface area contributed by atoms with Crippen molar-refractivity contribution in [2.75, 3.05) is 23.8 Å². The number of thiophene rings is 1. The van der Waals surface area contributed by atoms with Crippen LogP contribution in [0.4, 0.5) is 15.2 Å². The van der Waals surface area contributed by atoms with Gasteiger partial charge >= 0.3 is 11.9 Å². The lowest BCUT2D eigenvalue weighted by Crippen LogP contribution is -2.20. The maximum atomic E-state index is 13.9. The van der Waals surface area contributed by atoms with Gasteiger partial charge in [0.15, 0.2) is 10.9 Å². The summed E-state index contributed by atoms with van der Waals surface area (Å²) >= 11 is 6.42. The van der Waals surface area contributed by atoms with Gasteiger partial charge in [0.2, 0.25) is 0 Å². The fourth-order valence-corrected chi connectivity index (χ4v) is 4.37. The molecular formula is C22H23FN4O4S2. The van der Waals surface area contributed by atoms with Crippen LogP contribution in [-0.4, -0.2) is 40.0 Å². The molecule has 0 spiro atoms. The largest absolute Gasteiger partial charge is 0.462 e. The number of aromatic nitrogens is 2. The van der Waals surface area contributed by atoms with Crippen molar-refractivity contribution in [3.05, 3.63) is 63.9 Å². The number of anilines is 2. The second kappa shape index (κ2) is 11.0. The first-order chi connectivity index (χ1) is 15.8. The summed E-state index contributed by atoms with van der Waals surface area (Å²) in [5.74, 6) is -0.970. The van der Waals surface area contributed by atoms with Crippen molar-refractivity contribution in [2.45, 2.75) is 27.3 Å². The van der Waals surface area contributed by atoms with Gasteiger partial charge in [0.25, 0.3) is 0 Å². The summed E-state index contributed by atoms with van der Waals surface area (Å²) < 4.78 is 25.7. The lowest BCUT2D eigenvalue weighted by atomic mass is 10.1. The highest BCUT2D eigenvalue weighted by Gasteiger charge is 2.27. The third-order valence-electron chi connectivity index (χ3n) is 4.49. The van der Waals surface area contributed by atoms with E-state index in [9.17, 15) is 14.0 Å². The van der Waals surface area contributed by atoms with Crippen LogP contribution in [0.3, 0.4) is 0 Å². The summed E-state index contributed by atoms with van der Waals surface area (Å²) in [5, 5.41) is 10.7. The number of thiocarbonyl (C=S) groups is 1. The molecule has 3 aromatic rings. The highest BCUT2D eigenvalue weighted by atomic mass is 32.1. The van der Waals surface area contributed by atoms with Crippen LogP contribution in [-0.2, 0) is 16.0 Å². The monoisotopic (exact) mass is 490 g/mol. The molecule has 11 heteroatoms. The maximum Gasteiger partial charge on any atom is 0.348 e. The molecule has 0 amide bonds. The molecule has 2 aromatic heterocycles. The molecule has 3 rings (SSSR count). The van der Waals surface area contributed by atoms with Crippen molar-refractivity contribution < 1.29 is 23.5 Å². The van der Waals surface area contributed by atoms with Gasteiger partial charge in [-0.2, -0.15) is 5.10 Å². The van der Waals surface area contributed by atoms with E-state index in [-0.39, 0.29) is 36.3 Å². The van der Waals surface area contributed by atoms with Crippen molar-refractivity contribution in [2.24, 2.45) is 0 Å². The van der Waals surface area contributed by atoms with Crippen molar-refractivity contribution in [3.63, 3.8) is 0 Å². The number of hydrogen-bond acceptors (Lipinski definition) is 7. The van der Waals surface area contributed by atoms with Gasteiger partial charge in [0, 0.05) is 17.8 Å². The molecule has 0 unspecified atom stereocenters. The molecule has 0 aliphatic carbocycles. The summed E-state index contributed by atoms with van der Waals surface area (Å²) in [4.78, 5) is 25.1. The molecule has 2 N–H and O–H groups in total.